The number of aromatic nitrogens is 3. The van der Waals surface area contributed by atoms with Gasteiger partial charge in [-0.1, -0.05) is 36.0 Å². The minimum Gasteiger partial charge on any atom is -0.441 e. The highest BCUT2D eigenvalue weighted by Gasteiger charge is 2.15. The third-order valence-corrected chi connectivity index (χ3v) is 4.99. The molecule has 3 aromatic heterocycles. The van der Waals surface area contributed by atoms with Crippen LogP contribution in [0.5, 0.6) is 0 Å². The summed E-state index contributed by atoms with van der Waals surface area (Å²) < 4.78 is 5.73. The van der Waals surface area contributed by atoms with Gasteiger partial charge in [-0.15, -0.1) is 0 Å². The highest BCUT2D eigenvalue weighted by Crippen LogP contribution is 2.26. The van der Waals surface area contributed by atoms with Gasteiger partial charge in [0.15, 0.2) is 0 Å². The van der Waals surface area contributed by atoms with Crippen LogP contribution in [0.3, 0.4) is 0 Å². The van der Waals surface area contributed by atoms with Gasteiger partial charge in [0, 0.05) is 23.6 Å². The summed E-state index contributed by atoms with van der Waals surface area (Å²) in [6.45, 7) is 1.82. The number of hydrogen-bond donors (Lipinski definition) is 1. The lowest BCUT2D eigenvalue weighted by atomic mass is 10.2. The van der Waals surface area contributed by atoms with Crippen molar-refractivity contribution in [3.8, 4) is 11.5 Å². The Kier molecular flexibility index (Phi) is 5.67. The van der Waals surface area contributed by atoms with Gasteiger partial charge in [-0.25, -0.2) is 15.0 Å². The van der Waals surface area contributed by atoms with Crippen molar-refractivity contribution in [1.29, 1.82) is 0 Å². The van der Waals surface area contributed by atoms with Crippen molar-refractivity contribution in [2.45, 2.75) is 23.4 Å². The molecule has 0 spiro atoms. The molecule has 1 amide bonds. The van der Waals surface area contributed by atoms with Crippen molar-refractivity contribution >= 4 is 23.4 Å². The maximum Gasteiger partial charge on any atom is 0.230 e. The number of oxazole rings is 1. The van der Waals surface area contributed by atoms with Crippen molar-refractivity contribution in [3.05, 3.63) is 84.5 Å². The van der Waals surface area contributed by atoms with Crippen LogP contribution in [0.4, 0.5) is 5.69 Å². The van der Waals surface area contributed by atoms with Gasteiger partial charge in [0.2, 0.25) is 11.8 Å². The van der Waals surface area contributed by atoms with Crippen molar-refractivity contribution in [2.24, 2.45) is 0 Å². The Balaban J connectivity index is 1.43. The first-order valence-electron chi connectivity index (χ1n) is 9.04. The lowest BCUT2D eigenvalue weighted by Crippen LogP contribution is -2.15. The summed E-state index contributed by atoms with van der Waals surface area (Å²) in [5.41, 5.74) is 2.18. The fourth-order valence-electron chi connectivity index (χ4n) is 2.71. The fourth-order valence-corrected chi connectivity index (χ4v) is 3.49. The molecule has 4 aromatic rings. The number of nitrogens with zero attached hydrogens (tertiary/aromatic N) is 3. The predicted molar refractivity (Wildman–Crippen MR) is 112 cm³/mol. The number of rotatable bonds is 6. The van der Waals surface area contributed by atoms with E-state index in [1.807, 2.05) is 61.5 Å². The summed E-state index contributed by atoms with van der Waals surface area (Å²) in [6.07, 6.45) is 3.53. The predicted octanol–water partition coefficient (Wildman–Crippen LogP) is 4.77. The molecular weight excluding hydrogens is 384 g/mol. The largest absolute Gasteiger partial charge is 0.441 e. The summed E-state index contributed by atoms with van der Waals surface area (Å²) in [5.74, 6) is 0.991. The second-order valence-electron chi connectivity index (χ2n) is 6.27. The third-order valence-electron chi connectivity index (χ3n) is 4.11. The minimum absolute atomic E-state index is 0.132. The molecule has 0 fully saturated rings. The molecule has 0 atom stereocenters. The van der Waals surface area contributed by atoms with Crippen LogP contribution in [-0.4, -0.2) is 20.9 Å². The van der Waals surface area contributed by atoms with E-state index >= 15 is 0 Å². The highest BCUT2D eigenvalue weighted by atomic mass is 32.2. The molecule has 0 radical (unpaired) electrons. The molecule has 7 heteroatoms. The average molecular weight is 402 g/mol. The van der Waals surface area contributed by atoms with Crippen molar-refractivity contribution in [2.75, 3.05) is 5.32 Å². The van der Waals surface area contributed by atoms with E-state index in [4.69, 9.17) is 4.42 Å². The summed E-state index contributed by atoms with van der Waals surface area (Å²) in [5, 5.41) is 4.50. The molecule has 0 saturated carbocycles. The van der Waals surface area contributed by atoms with Crippen LogP contribution in [0.2, 0.25) is 0 Å². The zero-order valence-corrected chi connectivity index (χ0v) is 16.5. The molecule has 0 unspecified atom stereocenters. The Bertz CT molecular complexity index is 1110. The molecule has 0 saturated heterocycles. The van der Waals surface area contributed by atoms with Gasteiger partial charge in [0.25, 0.3) is 0 Å². The van der Waals surface area contributed by atoms with Crippen LogP contribution in [0, 0.1) is 6.92 Å². The van der Waals surface area contributed by atoms with Gasteiger partial charge >= 0.3 is 0 Å². The zero-order valence-electron chi connectivity index (χ0n) is 15.7. The topological polar surface area (TPSA) is 80.9 Å². The smallest absolute Gasteiger partial charge is 0.230 e. The van der Waals surface area contributed by atoms with Crippen LogP contribution in [0.25, 0.3) is 11.5 Å². The van der Waals surface area contributed by atoms with Gasteiger partial charge in [-0.2, -0.15) is 0 Å². The van der Waals surface area contributed by atoms with Crippen LogP contribution in [0.1, 0.15) is 11.5 Å². The highest BCUT2D eigenvalue weighted by molar-refractivity contribution is 7.99. The standard InChI is InChI=1S/C22H18N4O2S/c1-15-18(26-22(28-15)16-7-3-2-4-8-16)14-19(27)25-17-10-12-24-21(13-17)29-20-9-5-6-11-23-20/h2-13H,14H2,1H3,(H,24,25,27). The van der Waals surface area contributed by atoms with E-state index in [9.17, 15) is 4.79 Å². The van der Waals surface area contributed by atoms with Crippen molar-refractivity contribution < 1.29 is 9.21 Å². The first-order valence-corrected chi connectivity index (χ1v) is 9.85. The maximum absolute atomic E-state index is 12.5. The van der Waals surface area contributed by atoms with E-state index < -0.39 is 0 Å². The van der Waals surface area contributed by atoms with Crippen molar-refractivity contribution in [3.63, 3.8) is 0 Å². The van der Waals surface area contributed by atoms with E-state index in [0.29, 0.717) is 23.0 Å². The van der Waals surface area contributed by atoms with Gasteiger partial charge in [0.1, 0.15) is 15.8 Å². The zero-order chi connectivity index (χ0) is 20.1. The van der Waals surface area contributed by atoms with Crippen LogP contribution < -0.4 is 5.32 Å². The molecule has 0 bridgehead atoms. The molecule has 29 heavy (non-hydrogen) atoms. The van der Waals surface area contributed by atoms with Crippen LogP contribution in [-0.2, 0) is 11.2 Å². The number of nitrogens with one attached hydrogen (secondary N) is 1. The van der Waals surface area contributed by atoms with Crippen molar-refractivity contribution in [1.82, 2.24) is 15.0 Å². The van der Waals surface area contributed by atoms with Gasteiger partial charge in [-0.3, -0.25) is 4.79 Å². The molecule has 4 rings (SSSR count). The van der Waals surface area contributed by atoms with E-state index in [2.05, 4.69) is 20.3 Å². The molecule has 3 heterocycles. The Labute approximate surface area is 172 Å². The first kappa shape index (κ1) is 18.9. The maximum atomic E-state index is 12.5. The molecule has 0 aliphatic rings. The fraction of sp³-hybridized carbons (Fsp3) is 0.0909. The normalized spacial score (nSPS) is 10.7. The van der Waals surface area contributed by atoms with Gasteiger partial charge < -0.3 is 9.73 Å². The number of benzene rings is 1. The molecule has 0 aliphatic heterocycles. The summed E-state index contributed by atoms with van der Waals surface area (Å²) >= 11 is 1.44. The lowest BCUT2D eigenvalue weighted by molar-refractivity contribution is -0.115. The van der Waals surface area contributed by atoms with E-state index in [-0.39, 0.29) is 12.3 Å². The quantitative estimate of drug-likeness (QED) is 0.500. The molecule has 1 aromatic carbocycles. The van der Waals surface area contributed by atoms with E-state index in [0.717, 1.165) is 15.6 Å². The van der Waals surface area contributed by atoms with Gasteiger partial charge in [0.05, 0.1) is 12.1 Å². The summed E-state index contributed by atoms with van der Waals surface area (Å²) in [7, 11) is 0. The number of amides is 1. The molecule has 0 aliphatic carbocycles. The Morgan fingerprint density at radius 1 is 1.00 bits per heavy atom. The van der Waals surface area contributed by atoms with E-state index in [1.165, 1.54) is 11.8 Å². The number of aryl methyl sites for hydroxylation is 1. The van der Waals surface area contributed by atoms with Gasteiger partial charge in [-0.05, 0) is 43.3 Å². The Morgan fingerprint density at radius 2 is 1.79 bits per heavy atom. The van der Waals surface area contributed by atoms with E-state index in [1.54, 1.807) is 18.5 Å². The summed E-state index contributed by atoms with van der Waals surface area (Å²) in [4.78, 5) is 25.6. The Hall–Kier alpha value is -3.45. The van der Waals surface area contributed by atoms with Crippen LogP contribution in [0.15, 0.2) is 87.5 Å². The number of hydrogen-bond acceptors (Lipinski definition) is 6. The number of carbonyl (C=O) groups is 1. The number of anilines is 1. The SMILES string of the molecule is Cc1oc(-c2ccccc2)nc1CC(=O)Nc1ccnc(Sc2ccccn2)c1. The number of carbonyl (C=O) groups excluding carboxylic acids is 1. The first-order chi connectivity index (χ1) is 14.2. The minimum atomic E-state index is -0.166. The average Bonchev–Trinajstić information content (AvgIpc) is 3.10. The second kappa shape index (κ2) is 8.70. The second-order valence-corrected chi connectivity index (χ2v) is 7.31. The number of pyridine rings is 2. The molecule has 6 nitrogen and oxygen atoms in total. The molecular formula is C22H18N4O2S. The monoisotopic (exact) mass is 402 g/mol. The molecule has 144 valence electrons. The third kappa shape index (κ3) is 4.89. The van der Waals surface area contributed by atoms with Crippen LogP contribution >= 0.6 is 11.8 Å². The molecule has 1 N–H and O–H groups in total. The summed E-state index contributed by atoms with van der Waals surface area (Å²) in [6, 6.07) is 18.9. The Morgan fingerprint density at radius 3 is 2.59 bits per heavy atom. The lowest BCUT2D eigenvalue weighted by Gasteiger charge is -2.06.